The Hall–Kier alpha value is -2.31. The average Bonchev–Trinajstić information content (AvgIpc) is 2.30. The molecule has 0 saturated heterocycles. The molecule has 2 amide bonds. The highest BCUT2D eigenvalue weighted by molar-refractivity contribution is 5.98. The molecule has 0 unspecified atom stereocenters. The van der Waals surface area contributed by atoms with Gasteiger partial charge in [-0.25, -0.2) is 4.98 Å². The molecule has 7 heteroatoms. The molecule has 0 aliphatic rings. The monoisotopic (exact) mass is 237 g/mol. The van der Waals surface area contributed by atoms with Crippen molar-refractivity contribution in [3.63, 3.8) is 0 Å². The van der Waals surface area contributed by atoms with Crippen LogP contribution in [0.3, 0.4) is 0 Å². The van der Waals surface area contributed by atoms with Crippen LogP contribution in [0.25, 0.3) is 0 Å². The summed E-state index contributed by atoms with van der Waals surface area (Å²) in [6, 6.07) is 1.46. The van der Waals surface area contributed by atoms with Crippen LogP contribution in [0.2, 0.25) is 0 Å². The summed E-state index contributed by atoms with van der Waals surface area (Å²) in [5, 5.41) is 5.39. The van der Waals surface area contributed by atoms with Crippen molar-refractivity contribution in [2.75, 3.05) is 24.6 Å². The van der Waals surface area contributed by atoms with E-state index >= 15 is 0 Å². The number of primary amides is 1. The maximum atomic E-state index is 11.0. The molecule has 0 radical (unpaired) electrons. The van der Waals surface area contributed by atoms with E-state index in [1.165, 1.54) is 12.3 Å². The number of anilines is 2. The van der Waals surface area contributed by atoms with Gasteiger partial charge in [0, 0.05) is 20.0 Å². The highest BCUT2D eigenvalue weighted by Crippen LogP contribution is 2.13. The highest BCUT2D eigenvalue weighted by atomic mass is 16.1. The third-order valence-corrected chi connectivity index (χ3v) is 2.14. The molecule has 7 nitrogen and oxygen atoms in total. The van der Waals surface area contributed by atoms with Crippen LogP contribution < -0.4 is 22.1 Å². The quantitative estimate of drug-likeness (QED) is 0.539. The fourth-order valence-electron chi connectivity index (χ4n) is 1.21. The minimum Gasteiger partial charge on any atom is -0.397 e. The van der Waals surface area contributed by atoms with E-state index in [0.717, 1.165) is 0 Å². The van der Waals surface area contributed by atoms with Crippen molar-refractivity contribution in [1.82, 2.24) is 10.3 Å². The number of pyridine rings is 1. The fourth-order valence-corrected chi connectivity index (χ4v) is 1.21. The van der Waals surface area contributed by atoms with E-state index in [1.54, 1.807) is 7.05 Å². The summed E-state index contributed by atoms with van der Waals surface area (Å²) in [5.41, 5.74) is 11.1. The van der Waals surface area contributed by atoms with Gasteiger partial charge in [-0.05, 0) is 6.07 Å². The lowest BCUT2D eigenvalue weighted by Gasteiger charge is -2.07. The lowest BCUT2D eigenvalue weighted by atomic mass is 10.2. The molecule has 0 atom stereocenters. The molecule has 0 aromatic carbocycles. The number of hydrogen-bond acceptors (Lipinski definition) is 5. The van der Waals surface area contributed by atoms with Crippen LogP contribution in [0.1, 0.15) is 16.8 Å². The van der Waals surface area contributed by atoms with Gasteiger partial charge in [-0.2, -0.15) is 0 Å². The largest absolute Gasteiger partial charge is 0.397 e. The summed E-state index contributed by atoms with van der Waals surface area (Å²) in [7, 11) is 1.56. The molecule has 17 heavy (non-hydrogen) atoms. The maximum Gasteiger partial charge on any atom is 0.250 e. The van der Waals surface area contributed by atoms with Crippen LogP contribution in [0, 0.1) is 0 Å². The van der Waals surface area contributed by atoms with E-state index in [2.05, 4.69) is 15.6 Å². The third kappa shape index (κ3) is 3.63. The number of nitrogen functional groups attached to an aromatic ring is 1. The van der Waals surface area contributed by atoms with Crippen molar-refractivity contribution in [3.05, 3.63) is 17.8 Å². The molecular formula is C10H15N5O2. The second kappa shape index (κ2) is 5.69. The zero-order valence-electron chi connectivity index (χ0n) is 9.49. The second-order valence-electron chi connectivity index (χ2n) is 3.37. The van der Waals surface area contributed by atoms with Gasteiger partial charge in [-0.15, -0.1) is 0 Å². The number of aromatic nitrogens is 1. The standard InChI is InChI=1S/C10H15N5O2/c1-13-9(16)2-3-14-8-4-6(10(12)17)7(11)5-15-8/h4-5H,2-3,11H2,1H3,(H2,12,17)(H,13,16)(H,14,15). The Morgan fingerprint density at radius 2 is 2.18 bits per heavy atom. The number of nitrogens with zero attached hydrogens (tertiary/aromatic N) is 1. The van der Waals surface area contributed by atoms with E-state index in [9.17, 15) is 9.59 Å². The Kier molecular flexibility index (Phi) is 4.27. The van der Waals surface area contributed by atoms with Gasteiger partial charge in [0.05, 0.1) is 17.4 Å². The average molecular weight is 237 g/mol. The van der Waals surface area contributed by atoms with E-state index in [1.807, 2.05) is 0 Å². The van der Waals surface area contributed by atoms with Crippen LogP contribution in [0.15, 0.2) is 12.3 Å². The minimum atomic E-state index is -0.612. The van der Waals surface area contributed by atoms with Crippen LogP contribution in [0.4, 0.5) is 11.5 Å². The van der Waals surface area contributed by atoms with E-state index < -0.39 is 5.91 Å². The summed E-state index contributed by atoms with van der Waals surface area (Å²) >= 11 is 0. The molecule has 0 spiro atoms. The number of carbonyl (C=O) groups is 2. The predicted octanol–water partition coefficient (Wildman–Crippen LogP) is -0.689. The van der Waals surface area contributed by atoms with Crippen molar-refractivity contribution < 1.29 is 9.59 Å². The molecule has 92 valence electrons. The second-order valence-corrected chi connectivity index (χ2v) is 3.37. The van der Waals surface area contributed by atoms with Crippen LogP contribution >= 0.6 is 0 Å². The molecule has 0 aliphatic carbocycles. The first-order chi connectivity index (χ1) is 8.04. The maximum absolute atomic E-state index is 11.0. The van der Waals surface area contributed by atoms with E-state index in [4.69, 9.17) is 11.5 Å². The summed E-state index contributed by atoms with van der Waals surface area (Å²) in [6.07, 6.45) is 1.66. The number of hydrogen-bond donors (Lipinski definition) is 4. The highest BCUT2D eigenvalue weighted by Gasteiger charge is 2.07. The first kappa shape index (κ1) is 12.8. The SMILES string of the molecule is CNC(=O)CCNc1cc(C(N)=O)c(N)cn1. The molecule has 0 saturated carbocycles. The van der Waals surface area contributed by atoms with Gasteiger partial charge in [0.25, 0.3) is 5.91 Å². The van der Waals surface area contributed by atoms with Crippen LogP contribution in [-0.2, 0) is 4.79 Å². The normalized spacial score (nSPS) is 9.71. The van der Waals surface area contributed by atoms with E-state index in [-0.39, 0.29) is 17.2 Å². The molecule has 1 heterocycles. The van der Waals surface area contributed by atoms with Crippen LogP contribution in [-0.4, -0.2) is 30.4 Å². The topological polar surface area (TPSA) is 123 Å². The zero-order chi connectivity index (χ0) is 12.8. The zero-order valence-corrected chi connectivity index (χ0v) is 9.49. The van der Waals surface area contributed by atoms with Crippen molar-refractivity contribution in [2.45, 2.75) is 6.42 Å². The van der Waals surface area contributed by atoms with Gasteiger partial charge in [-0.3, -0.25) is 9.59 Å². The number of rotatable bonds is 5. The minimum absolute atomic E-state index is 0.0805. The molecule has 1 rings (SSSR count). The Morgan fingerprint density at radius 3 is 2.76 bits per heavy atom. The molecule has 0 fully saturated rings. The number of nitrogens with two attached hydrogens (primary N) is 2. The number of amides is 2. The van der Waals surface area contributed by atoms with Gasteiger partial charge in [0.2, 0.25) is 5.91 Å². The molecule has 6 N–H and O–H groups in total. The molecule has 1 aromatic rings. The van der Waals surface area contributed by atoms with Crippen molar-refractivity contribution >= 4 is 23.3 Å². The molecule has 0 aliphatic heterocycles. The Morgan fingerprint density at radius 1 is 1.47 bits per heavy atom. The lowest BCUT2D eigenvalue weighted by Crippen LogP contribution is -2.21. The Balaban J connectivity index is 2.63. The molecule has 0 bridgehead atoms. The third-order valence-electron chi connectivity index (χ3n) is 2.14. The number of nitrogens with one attached hydrogen (secondary N) is 2. The summed E-state index contributed by atoms with van der Waals surface area (Å²) < 4.78 is 0. The van der Waals surface area contributed by atoms with Crippen molar-refractivity contribution in [2.24, 2.45) is 5.73 Å². The Bertz CT molecular complexity index is 433. The van der Waals surface area contributed by atoms with Gasteiger partial charge in [0.1, 0.15) is 5.82 Å². The molecule has 1 aromatic heterocycles. The number of carbonyl (C=O) groups excluding carboxylic acids is 2. The first-order valence-electron chi connectivity index (χ1n) is 5.04. The van der Waals surface area contributed by atoms with Gasteiger partial charge < -0.3 is 22.1 Å². The lowest BCUT2D eigenvalue weighted by molar-refractivity contribution is -0.120. The Labute approximate surface area is 98.6 Å². The van der Waals surface area contributed by atoms with Crippen molar-refractivity contribution in [1.29, 1.82) is 0 Å². The smallest absolute Gasteiger partial charge is 0.250 e. The van der Waals surface area contributed by atoms with Gasteiger partial charge in [0.15, 0.2) is 0 Å². The van der Waals surface area contributed by atoms with Gasteiger partial charge >= 0.3 is 0 Å². The molecular weight excluding hydrogens is 222 g/mol. The van der Waals surface area contributed by atoms with E-state index in [0.29, 0.717) is 18.8 Å². The van der Waals surface area contributed by atoms with Crippen LogP contribution in [0.5, 0.6) is 0 Å². The first-order valence-corrected chi connectivity index (χ1v) is 5.04. The van der Waals surface area contributed by atoms with Gasteiger partial charge in [-0.1, -0.05) is 0 Å². The predicted molar refractivity (Wildman–Crippen MR) is 64.3 cm³/mol. The summed E-state index contributed by atoms with van der Waals surface area (Å²) in [5.74, 6) is -0.237. The van der Waals surface area contributed by atoms with Crippen molar-refractivity contribution in [3.8, 4) is 0 Å². The summed E-state index contributed by atoms with van der Waals surface area (Å²) in [4.78, 5) is 26.0. The summed E-state index contributed by atoms with van der Waals surface area (Å²) in [6.45, 7) is 0.412. The fraction of sp³-hybridized carbons (Fsp3) is 0.300.